The number of aromatic nitrogens is 1. The second-order valence-corrected chi connectivity index (χ2v) is 6.53. The molecule has 24 heavy (non-hydrogen) atoms. The quantitative estimate of drug-likeness (QED) is 0.502. The van der Waals surface area contributed by atoms with Crippen LogP contribution in [0.15, 0.2) is 24.5 Å². The number of rotatable bonds is 7. The van der Waals surface area contributed by atoms with Crippen molar-refractivity contribution in [3.63, 3.8) is 0 Å². The maximum absolute atomic E-state index is 12.2. The van der Waals surface area contributed by atoms with Gasteiger partial charge >= 0.3 is 0 Å². The summed E-state index contributed by atoms with van der Waals surface area (Å²) < 4.78 is 0. The Kier molecular flexibility index (Phi) is 12.0. The highest BCUT2D eigenvalue weighted by Crippen LogP contribution is 2.25. The molecule has 0 unspecified atom stereocenters. The fourth-order valence-corrected chi connectivity index (χ4v) is 2.76. The summed E-state index contributed by atoms with van der Waals surface area (Å²) in [4.78, 5) is 16.2. The Hall–Kier alpha value is -0.880. The predicted octanol–water partition coefficient (Wildman–Crippen LogP) is 3.56. The average molecular weight is 377 g/mol. The molecule has 0 aliphatic heterocycles. The molecule has 138 valence electrons. The molecular formula is C17H30Cl2N4O. The first kappa shape index (κ1) is 23.1. The summed E-state index contributed by atoms with van der Waals surface area (Å²) in [7, 11) is 0. The van der Waals surface area contributed by atoms with Gasteiger partial charge in [0.25, 0.3) is 0 Å². The molecule has 1 aliphatic rings. The van der Waals surface area contributed by atoms with E-state index in [0.717, 1.165) is 43.8 Å². The van der Waals surface area contributed by atoms with Crippen LogP contribution in [0.3, 0.4) is 0 Å². The molecule has 1 aromatic rings. The van der Waals surface area contributed by atoms with E-state index in [9.17, 15) is 4.79 Å². The Labute approximate surface area is 157 Å². The monoisotopic (exact) mass is 376 g/mol. The van der Waals surface area contributed by atoms with Crippen LogP contribution in [0.1, 0.15) is 46.0 Å². The van der Waals surface area contributed by atoms with E-state index >= 15 is 0 Å². The molecule has 5 nitrogen and oxygen atoms in total. The highest BCUT2D eigenvalue weighted by molar-refractivity contribution is 5.92. The van der Waals surface area contributed by atoms with Crippen molar-refractivity contribution in [2.45, 2.75) is 52.0 Å². The number of hydrogen-bond donors (Lipinski definition) is 3. The van der Waals surface area contributed by atoms with Crippen molar-refractivity contribution in [2.24, 2.45) is 11.8 Å². The Balaban J connectivity index is 0.00000264. The van der Waals surface area contributed by atoms with Gasteiger partial charge in [-0.3, -0.25) is 20.6 Å². The molecule has 1 saturated carbocycles. The number of amides is 1. The van der Waals surface area contributed by atoms with Gasteiger partial charge in [-0.15, -0.1) is 24.8 Å². The molecule has 0 radical (unpaired) electrons. The standard InChI is InChI=1S/C17H28N4O.2ClH/c1-13(2)7-12-19-21-16-5-3-14(4-6-16)17(22)20-15-8-10-18-11-9-15;;/h8-11,13-14,16,19,21H,3-7,12H2,1-2H3,(H,18,20,22);2*1H. The topological polar surface area (TPSA) is 66.0 Å². The van der Waals surface area contributed by atoms with Crippen LogP contribution >= 0.6 is 24.8 Å². The lowest BCUT2D eigenvalue weighted by atomic mass is 9.85. The molecule has 7 heteroatoms. The highest BCUT2D eigenvalue weighted by atomic mass is 35.5. The third-order valence-electron chi connectivity index (χ3n) is 4.20. The molecule has 0 spiro atoms. The Morgan fingerprint density at radius 2 is 1.79 bits per heavy atom. The van der Waals surface area contributed by atoms with E-state index in [4.69, 9.17) is 0 Å². The molecule has 0 aromatic carbocycles. The Bertz CT molecular complexity index is 451. The van der Waals surface area contributed by atoms with Crippen molar-refractivity contribution in [3.05, 3.63) is 24.5 Å². The minimum absolute atomic E-state index is 0. The molecule has 0 atom stereocenters. The lowest BCUT2D eigenvalue weighted by Crippen LogP contribution is -2.44. The molecular weight excluding hydrogens is 347 g/mol. The molecule has 1 aromatic heterocycles. The van der Waals surface area contributed by atoms with Gasteiger partial charge in [0.2, 0.25) is 5.91 Å². The van der Waals surface area contributed by atoms with Crippen molar-refractivity contribution in [3.8, 4) is 0 Å². The molecule has 0 bridgehead atoms. The lowest BCUT2D eigenvalue weighted by molar-refractivity contribution is -0.120. The van der Waals surface area contributed by atoms with E-state index in [-0.39, 0.29) is 36.6 Å². The van der Waals surface area contributed by atoms with Crippen LogP contribution in [-0.2, 0) is 4.79 Å². The van der Waals surface area contributed by atoms with Crippen LogP contribution in [0.25, 0.3) is 0 Å². The lowest BCUT2D eigenvalue weighted by Gasteiger charge is -2.28. The summed E-state index contributed by atoms with van der Waals surface area (Å²) in [5, 5.41) is 2.98. The molecule has 1 fully saturated rings. The maximum atomic E-state index is 12.2. The molecule has 1 heterocycles. The minimum Gasteiger partial charge on any atom is -0.326 e. The van der Waals surface area contributed by atoms with E-state index < -0.39 is 0 Å². The van der Waals surface area contributed by atoms with Crippen LogP contribution in [0.2, 0.25) is 0 Å². The number of nitrogens with zero attached hydrogens (tertiary/aromatic N) is 1. The number of carbonyl (C=O) groups excluding carboxylic acids is 1. The smallest absolute Gasteiger partial charge is 0.227 e. The van der Waals surface area contributed by atoms with Gasteiger partial charge in [-0.2, -0.15) is 0 Å². The second kappa shape index (κ2) is 12.5. The summed E-state index contributed by atoms with van der Waals surface area (Å²) in [5.41, 5.74) is 7.54. The molecule has 0 saturated heterocycles. The predicted molar refractivity (Wildman–Crippen MR) is 104 cm³/mol. The Morgan fingerprint density at radius 1 is 1.17 bits per heavy atom. The van der Waals surface area contributed by atoms with E-state index in [0.29, 0.717) is 6.04 Å². The summed E-state index contributed by atoms with van der Waals surface area (Å²) >= 11 is 0. The second-order valence-electron chi connectivity index (χ2n) is 6.53. The largest absolute Gasteiger partial charge is 0.326 e. The molecule has 2 rings (SSSR count). The van der Waals surface area contributed by atoms with Crippen LogP contribution < -0.4 is 16.2 Å². The van der Waals surface area contributed by atoms with Gasteiger partial charge in [-0.25, -0.2) is 0 Å². The van der Waals surface area contributed by atoms with Crippen LogP contribution in [0, 0.1) is 11.8 Å². The fourth-order valence-electron chi connectivity index (χ4n) is 2.76. The summed E-state index contributed by atoms with van der Waals surface area (Å²) in [6, 6.07) is 4.13. The number of pyridine rings is 1. The SMILES string of the molecule is CC(C)CCNNC1CCC(C(=O)Nc2ccncc2)CC1.Cl.Cl. The van der Waals surface area contributed by atoms with Crippen molar-refractivity contribution >= 4 is 36.4 Å². The number of hydrazine groups is 1. The van der Waals surface area contributed by atoms with E-state index in [1.54, 1.807) is 12.4 Å². The number of nitrogens with one attached hydrogen (secondary N) is 3. The van der Waals surface area contributed by atoms with Gasteiger partial charge in [0.05, 0.1) is 0 Å². The van der Waals surface area contributed by atoms with E-state index in [2.05, 4.69) is 35.0 Å². The van der Waals surface area contributed by atoms with Crippen molar-refractivity contribution < 1.29 is 4.79 Å². The third kappa shape index (κ3) is 8.29. The number of carbonyl (C=O) groups is 1. The van der Waals surface area contributed by atoms with E-state index in [1.165, 1.54) is 6.42 Å². The maximum Gasteiger partial charge on any atom is 0.227 e. The van der Waals surface area contributed by atoms with Gasteiger partial charge in [0.15, 0.2) is 0 Å². The number of halogens is 2. The zero-order valence-corrected chi connectivity index (χ0v) is 16.1. The average Bonchev–Trinajstić information content (AvgIpc) is 2.53. The van der Waals surface area contributed by atoms with Crippen molar-refractivity contribution in [2.75, 3.05) is 11.9 Å². The third-order valence-corrected chi connectivity index (χ3v) is 4.20. The summed E-state index contributed by atoms with van der Waals surface area (Å²) in [6.07, 6.45) is 8.54. The fraction of sp³-hybridized carbons (Fsp3) is 0.647. The Morgan fingerprint density at radius 3 is 2.38 bits per heavy atom. The summed E-state index contributed by atoms with van der Waals surface area (Å²) in [5.74, 6) is 0.987. The molecule has 1 amide bonds. The van der Waals surface area contributed by atoms with Gasteiger partial charge in [-0.1, -0.05) is 13.8 Å². The van der Waals surface area contributed by atoms with E-state index in [1.807, 2.05) is 12.1 Å². The number of anilines is 1. The van der Waals surface area contributed by atoms with Crippen LogP contribution in [0.4, 0.5) is 5.69 Å². The zero-order chi connectivity index (χ0) is 15.8. The van der Waals surface area contributed by atoms with Gasteiger partial charge in [0.1, 0.15) is 0 Å². The normalized spacial score (nSPS) is 20.0. The molecule has 3 N–H and O–H groups in total. The van der Waals surface area contributed by atoms with Gasteiger partial charge < -0.3 is 5.32 Å². The van der Waals surface area contributed by atoms with Gasteiger partial charge in [-0.05, 0) is 50.2 Å². The highest BCUT2D eigenvalue weighted by Gasteiger charge is 2.26. The van der Waals surface area contributed by atoms with Crippen molar-refractivity contribution in [1.29, 1.82) is 0 Å². The number of hydrogen-bond acceptors (Lipinski definition) is 4. The first-order valence-electron chi connectivity index (χ1n) is 8.34. The van der Waals surface area contributed by atoms with Crippen molar-refractivity contribution in [1.82, 2.24) is 15.8 Å². The first-order valence-corrected chi connectivity index (χ1v) is 8.34. The summed E-state index contributed by atoms with van der Waals surface area (Å²) in [6.45, 7) is 5.46. The van der Waals surface area contributed by atoms with Gasteiger partial charge in [0, 0.05) is 36.6 Å². The van der Waals surface area contributed by atoms with Crippen LogP contribution in [0.5, 0.6) is 0 Å². The molecule has 1 aliphatic carbocycles. The van der Waals surface area contributed by atoms with Crippen LogP contribution in [-0.4, -0.2) is 23.5 Å². The first-order chi connectivity index (χ1) is 10.6. The zero-order valence-electron chi connectivity index (χ0n) is 14.5. The minimum atomic E-state index is 0.